The summed E-state index contributed by atoms with van der Waals surface area (Å²) in [7, 11) is 0. The molecule has 2 aliphatic rings. The molecule has 2 aliphatic heterocycles. The third kappa shape index (κ3) is 1.01. The highest BCUT2D eigenvalue weighted by Crippen LogP contribution is 2.28. The highest BCUT2D eigenvalue weighted by atomic mass is 16.5. The van der Waals surface area contributed by atoms with E-state index in [1.54, 1.807) is 0 Å². The molecule has 3 unspecified atom stereocenters. The van der Waals surface area contributed by atoms with E-state index >= 15 is 0 Å². The molecular formula is C8H10O3. The number of hydrogen-bond donors (Lipinski definition) is 1. The van der Waals surface area contributed by atoms with Gasteiger partial charge in [0.1, 0.15) is 5.78 Å². The van der Waals surface area contributed by atoms with Crippen LogP contribution in [0.5, 0.6) is 0 Å². The molecule has 3 heteroatoms. The molecule has 0 aliphatic carbocycles. The van der Waals surface area contributed by atoms with Gasteiger partial charge in [0, 0.05) is 6.42 Å². The first kappa shape index (κ1) is 7.00. The molecule has 1 N–H and O–H groups in total. The minimum Gasteiger partial charge on any atom is -0.396 e. The van der Waals surface area contributed by atoms with Crippen molar-refractivity contribution in [1.29, 1.82) is 0 Å². The monoisotopic (exact) mass is 154 g/mol. The lowest BCUT2D eigenvalue weighted by molar-refractivity contribution is -0.138. The Balaban J connectivity index is 2.19. The van der Waals surface area contributed by atoms with Crippen molar-refractivity contribution in [3.05, 3.63) is 12.2 Å². The van der Waals surface area contributed by atoms with E-state index in [1.807, 2.05) is 12.2 Å². The molecule has 2 rings (SSSR count). The zero-order valence-corrected chi connectivity index (χ0v) is 6.06. The average Bonchev–Trinajstić information content (AvgIpc) is 2.34. The second kappa shape index (κ2) is 2.43. The summed E-state index contributed by atoms with van der Waals surface area (Å²) in [5, 5.41) is 8.85. The number of aliphatic hydroxyl groups is 1. The molecule has 0 aromatic carbocycles. The molecule has 0 saturated carbocycles. The second-order valence-corrected chi connectivity index (χ2v) is 2.98. The lowest BCUT2D eigenvalue weighted by atomic mass is 9.95. The van der Waals surface area contributed by atoms with Crippen molar-refractivity contribution in [2.24, 2.45) is 5.92 Å². The lowest BCUT2D eigenvalue weighted by Gasteiger charge is -2.26. The maximum Gasteiger partial charge on any atom is 0.144 e. The van der Waals surface area contributed by atoms with Gasteiger partial charge in [-0.3, -0.25) is 4.79 Å². The third-order valence-corrected chi connectivity index (χ3v) is 2.26. The summed E-state index contributed by atoms with van der Waals surface area (Å²) < 4.78 is 5.38. The maximum absolute atomic E-state index is 11.2. The lowest BCUT2D eigenvalue weighted by Crippen LogP contribution is -2.38. The van der Waals surface area contributed by atoms with Crippen LogP contribution in [0.2, 0.25) is 0 Å². The SMILES string of the molecule is O=C1CC2C=CC(O2)C1CO. The molecule has 2 bridgehead atoms. The Labute approximate surface area is 64.7 Å². The number of carbonyl (C=O) groups excluding carboxylic acids is 1. The summed E-state index contributed by atoms with van der Waals surface area (Å²) in [6.07, 6.45) is 4.02. The van der Waals surface area contributed by atoms with Crippen LogP contribution in [0.3, 0.4) is 0 Å². The first-order valence-corrected chi connectivity index (χ1v) is 3.78. The number of hydrogen-bond acceptors (Lipinski definition) is 3. The van der Waals surface area contributed by atoms with E-state index in [4.69, 9.17) is 9.84 Å². The van der Waals surface area contributed by atoms with Crippen LogP contribution < -0.4 is 0 Å². The first-order valence-electron chi connectivity index (χ1n) is 3.78. The summed E-state index contributed by atoms with van der Waals surface area (Å²) in [5.74, 6) is -0.191. The summed E-state index contributed by atoms with van der Waals surface area (Å²) >= 11 is 0. The van der Waals surface area contributed by atoms with Crippen LogP contribution in [0.1, 0.15) is 6.42 Å². The van der Waals surface area contributed by atoms with Crippen molar-refractivity contribution in [2.45, 2.75) is 18.6 Å². The summed E-state index contributed by atoms with van der Waals surface area (Å²) in [4.78, 5) is 11.2. The number of Topliss-reactive ketones (excluding diaryl/α,β-unsaturated/α-hetero) is 1. The number of ether oxygens (including phenoxy) is 1. The number of aliphatic hydroxyl groups excluding tert-OH is 1. The predicted molar refractivity (Wildman–Crippen MR) is 38.0 cm³/mol. The van der Waals surface area contributed by atoms with E-state index in [-0.39, 0.29) is 30.5 Å². The van der Waals surface area contributed by atoms with Gasteiger partial charge in [-0.1, -0.05) is 12.2 Å². The summed E-state index contributed by atoms with van der Waals surface area (Å²) in [6.45, 7) is -0.0967. The van der Waals surface area contributed by atoms with E-state index in [1.165, 1.54) is 0 Å². The van der Waals surface area contributed by atoms with Gasteiger partial charge in [-0.25, -0.2) is 0 Å². The van der Waals surface area contributed by atoms with Crippen LogP contribution in [-0.4, -0.2) is 29.7 Å². The topological polar surface area (TPSA) is 46.5 Å². The molecule has 0 radical (unpaired) electrons. The van der Waals surface area contributed by atoms with Gasteiger partial charge in [-0.15, -0.1) is 0 Å². The van der Waals surface area contributed by atoms with Crippen molar-refractivity contribution in [3.8, 4) is 0 Å². The van der Waals surface area contributed by atoms with Crippen LogP contribution in [0.15, 0.2) is 12.2 Å². The number of ketones is 1. The van der Waals surface area contributed by atoms with Crippen molar-refractivity contribution >= 4 is 5.78 Å². The van der Waals surface area contributed by atoms with Crippen LogP contribution in [0, 0.1) is 5.92 Å². The van der Waals surface area contributed by atoms with Crippen molar-refractivity contribution < 1.29 is 14.6 Å². The van der Waals surface area contributed by atoms with Crippen molar-refractivity contribution in [2.75, 3.05) is 6.61 Å². The molecule has 0 spiro atoms. The molecular weight excluding hydrogens is 144 g/mol. The zero-order valence-electron chi connectivity index (χ0n) is 6.06. The van der Waals surface area contributed by atoms with E-state index in [2.05, 4.69) is 0 Å². The molecule has 60 valence electrons. The molecule has 1 fully saturated rings. The molecule has 0 aromatic rings. The Kier molecular flexibility index (Phi) is 1.55. The summed E-state index contributed by atoms with van der Waals surface area (Å²) in [6, 6.07) is 0. The number of carbonyl (C=O) groups is 1. The van der Waals surface area contributed by atoms with Crippen LogP contribution in [0.4, 0.5) is 0 Å². The molecule has 0 aromatic heterocycles. The standard InChI is InChI=1S/C8H10O3/c9-4-6-7(10)3-5-1-2-8(6)11-5/h1-2,5-6,8-9H,3-4H2. The fraction of sp³-hybridized carbons (Fsp3) is 0.625. The molecule has 2 heterocycles. The van der Waals surface area contributed by atoms with E-state index in [0.717, 1.165) is 0 Å². The largest absolute Gasteiger partial charge is 0.396 e. The molecule has 11 heavy (non-hydrogen) atoms. The van der Waals surface area contributed by atoms with Gasteiger partial charge in [-0.05, 0) is 0 Å². The molecule has 3 atom stereocenters. The summed E-state index contributed by atoms with van der Waals surface area (Å²) in [5.41, 5.74) is 0. The fourth-order valence-corrected chi connectivity index (χ4v) is 1.61. The van der Waals surface area contributed by atoms with Crippen LogP contribution in [-0.2, 0) is 9.53 Å². The number of fused-ring (bicyclic) bond motifs is 2. The molecule has 0 amide bonds. The van der Waals surface area contributed by atoms with E-state index < -0.39 is 0 Å². The smallest absolute Gasteiger partial charge is 0.144 e. The van der Waals surface area contributed by atoms with Gasteiger partial charge >= 0.3 is 0 Å². The molecule has 3 nitrogen and oxygen atoms in total. The van der Waals surface area contributed by atoms with Gasteiger partial charge < -0.3 is 9.84 Å². The predicted octanol–water partition coefficient (Wildman–Crippen LogP) is -0.109. The zero-order chi connectivity index (χ0) is 7.84. The van der Waals surface area contributed by atoms with E-state index in [9.17, 15) is 4.79 Å². The Morgan fingerprint density at radius 3 is 3.18 bits per heavy atom. The maximum atomic E-state index is 11.2. The first-order chi connectivity index (χ1) is 5.31. The Bertz CT molecular complexity index is 209. The van der Waals surface area contributed by atoms with Gasteiger partial charge in [0.2, 0.25) is 0 Å². The normalized spacial score (nSPS) is 41.5. The van der Waals surface area contributed by atoms with Crippen molar-refractivity contribution in [1.82, 2.24) is 0 Å². The van der Waals surface area contributed by atoms with Gasteiger partial charge in [0.05, 0.1) is 24.7 Å². The van der Waals surface area contributed by atoms with Crippen LogP contribution >= 0.6 is 0 Å². The van der Waals surface area contributed by atoms with Crippen molar-refractivity contribution in [3.63, 3.8) is 0 Å². The highest BCUT2D eigenvalue weighted by Gasteiger charge is 2.38. The van der Waals surface area contributed by atoms with Gasteiger partial charge in [0.25, 0.3) is 0 Å². The second-order valence-electron chi connectivity index (χ2n) is 2.98. The quantitative estimate of drug-likeness (QED) is 0.536. The average molecular weight is 154 g/mol. The fourth-order valence-electron chi connectivity index (χ4n) is 1.61. The minimum atomic E-state index is -0.315. The Morgan fingerprint density at radius 2 is 2.45 bits per heavy atom. The van der Waals surface area contributed by atoms with Gasteiger partial charge in [0.15, 0.2) is 0 Å². The van der Waals surface area contributed by atoms with Gasteiger partial charge in [-0.2, -0.15) is 0 Å². The Hall–Kier alpha value is -0.670. The van der Waals surface area contributed by atoms with Crippen LogP contribution in [0.25, 0.3) is 0 Å². The molecule has 1 saturated heterocycles. The Morgan fingerprint density at radius 1 is 1.64 bits per heavy atom. The minimum absolute atomic E-state index is 0.0182. The van der Waals surface area contributed by atoms with E-state index in [0.29, 0.717) is 6.42 Å². The third-order valence-electron chi connectivity index (χ3n) is 2.26. The highest BCUT2D eigenvalue weighted by molar-refractivity contribution is 5.84. The number of rotatable bonds is 1.